The van der Waals surface area contributed by atoms with Gasteiger partial charge in [0.1, 0.15) is 5.82 Å². The number of nitro benzene ring substituents is 1. The minimum Gasteiger partial charge on any atom is -0.493 e. The number of aromatic nitrogens is 1. The predicted molar refractivity (Wildman–Crippen MR) is 104 cm³/mol. The van der Waals surface area contributed by atoms with Crippen LogP contribution in [0.2, 0.25) is 0 Å². The molecule has 1 aromatic heterocycles. The number of fused-ring (bicyclic) bond motifs is 1. The van der Waals surface area contributed by atoms with E-state index in [2.05, 4.69) is 10.3 Å². The van der Waals surface area contributed by atoms with Crippen LogP contribution in [0.3, 0.4) is 0 Å². The second-order valence-electron chi connectivity index (χ2n) is 5.68. The van der Waals surface area contributed by atoms with Crippen LogP contribution in [0, 0.1) is 10.1 Å². The van der Waals surface area contributed by atoms with E-state index >= 15 is 0 Å². The summed E-state index contributed by atoms with van der Waals surface area (Å²) in [5, 5.41) is 14.9. The van der Waals surface area contributed by atoms with Crippen molar-refractivity contribution in [2.24, 2.45) is 0 Å². The lowest BCUT2D eigenvalue weighted by Gasteiger charge is -2.15. The third-order valence-electron chi connectivity index (χ3n) is 4.15. The smallest absolute Gasteiger partial charge is 0.320 e. The van der Waals surface area contributed by atoms with Crippen molar-refractivity contribution in [3.8, 4) is 23.0 Å². The summed E-state index contributed by atoms with van der Waals surface area (Å²) in [5.74, 6) is 2.15. The van der Waals surface area contributed by atoms with Gasteiger partial charge in [-0.05, 0) is 24.3 Å². The second-order valence-corrected chi connectivity index (χ2v) is 5.68. The lowest BCUT2D eigenvalue weighted by atomic mass is 10.1. The van der Waals surface area contributed by atoms with Crippen molar-refractivity contribution in [2.75, 3.05) is 33.8 Å². The summed E-state index contributed by atoms with van der Waals surface area (Å²) in [6.07, 6.45) is 0. The summed E-state index contributed by atoms with van der Waals surface area (Å²) in [7, 11) is 5.98. The Morgan fingerprint density at radius 1 is 0.893 bits per heavy atom. The number of nitrogens with one attached hydrogen (secondary N) is 1. The second kappa shape index (κ2) is 7.87. The molecular weight excluding hydrogens is 366 g/mol. The van der Waals surface area contributed by atoms with E-state index in [1.165, 1.54) is 34.5 Å². The van der Waals surface area contributed by atoms with Crippen molar-refractivity contribution in [3.63, 3.8) is 0 Å². The van der Waals surface area contributed by atoms with Crippen molar-refractivity contribution in [2.45, 2.75) is 0 Å². The van der Waals surface area contributed by atoms with Crippen molar-refractivity contribution in [1.82, 2.24) is 4.98 Å². The zero-order chi connectivity index (χ0) is 20.3. The fraction of sp³-hybridized carbons (Fsp3) is 0.211. The van der Waals surface area contributed by atoms with Crippen LogP contribution in [0.15, 0.2) is 36.4 Å². The number of benzene rings is 2. The Balaban J connectivity index is 2.03. The predicted octanol–water partition coefficient (Wildman–Crippen LogP) is 3.92. The first kappa shape index (κ1) is 19.0. The highest BCUT2D eigenvalue weighted by Crippen LogP contribution is 2.41. The fourth-order valence-corrected chi connectivity index (χ4v) is 2.89. The van der Waals surface area contributed by atoms with E-state index in [0.29, 0.717) is 39.7 Å². The number of anilines is 2. The van der Waals surface area contributed by atoms with Crippen LogP contribution in [0.25, 0.3) is 10.9 Å². The molecular formula is C19H19N3O6. The minimum atomic E-state index is -0.477. The molecule has 0 aliphatic heterocycles. The Morgan fingerprint density at radius 2 is 1.54 bits per heavy atom. The number of hydrogen-bond acceptors (Lipinski definition) is 8. The average molecular weight is 385 g/mol. The molecule has 3 rings (SSSR count). The molecule has 2 aromatic carbocycles. The van der Waals surface area contributed by atoms with Crippen molar-refractivity contribution in [3.05, 3.63) is 46.5 Å². The van der Waals surface area contributed by atoms with E-state index in [1.54, 1.807) is 30.3 Å². The lowest BCUT2D eigenvalue weighted by molar-refractivity contribution is -0.383. The molecule has 0 bridgehead atoms. The summed E-state index contributed by atoms with van der Waals surface area (Å²) in [6.45, 7) is 0. The molecule has 0 radical (unpaired) electrons. The van der Waals surface area contributed by atoms with Gasteiger partial charge in [-0.3, -0.25) is 10.1 Å². The molecule has 0 fully saturated rings. The Morgan fingerprint density at radius 3 is 2.07 bits per heavy atom. The Bertz CT molecular complexity index is 1010. The molecule has 9 heteroatoms. The van der Waals surface area contributed by atoms with Crippen molar-refractivity contribution < 1.29 is 23.9 Å². The molecule has 146 valence electrons. The number of nitrogens with zero attached hydrogens (tertiary/aromatic N) is 2. The molecule has 3 aromatic rings. The number of nitro groups is 1. The number of rotatable bonds is 7. The molecule has 0 unspecified atom stereocenters. The maximum atomic E-state index is 11.4. The molecule has 0 saturated carbocycles. The van der Waals surface area contributed by atoms with Gasteiger partial charge in [0.05, 0.1) is 44.3 Å². The van der Waals surface area contributed by atoms with Crippen LogP contribution in [0.5, 0.6) is 23.0 Å². The maximum Gasteiger partial charge on any atom is 0.320 e. The van der Waals surface area contributed by atoms with Gasteiger partial charge in [0.15, 0.2) is 17.2 Å². The van der Waals surface area contributed by atoms with Gasteiger partial charge in [0, 0.05) is 17.8 Å². The first-order chi connectivity index (χ1) is 13.5. The SMILES string of the molecule is COc1cc(Nc2ccc3c([N+](=O)[O-])c(OC)ccc3n2)cc(OC)c1OC. The van der Waals surface area contributed by atoms with Gasteiger partial charge < -0.3 is 24.3 Å². The number of hydrogen-bond donors (Lipinski definition) is 1. The standard InChI is InChI=1S/C19H19N3O6/c1-25-14-7-6-13-12(18(14)22(23)24)5-8-17(21-13)20-11-9-15(26-2)19(28-4)16(10-11)27-3/h5-10H,1-4H3,(H,20,21). The Hall–Kier alpha value is -3.75. The first-order valence-corrected chi connectivity index (χ1v) is 8.21. The van der Waals surface area contributed by atoms with Crippen molar-refractivity contribution >= 4 is 28.1 Å². The van der Waals surface area contributed by atoms with Gasteiger partial charge in [-0.15, -0.1) is 0 Å². The zero-order valence-corrected chi connectivity index (χ0v) is 15.8. The van der Waals surface area contributed by atoms with Crippen LogP contribution in [0.4, 0.5) is 17.2 Å². The van der Waals surface area contributed by atoms with Crippen LogP contribution >= 0.6 is 0 Å². The lowest BCUT2D eigenvalue weighted by Crippen LogP contribution is -2.00. The van der Waals surface area contributed by atoms with E-state index in [-0.39, 0.29) is 11.4 Å². The van der Waals surface area contributed by atoms with E-state index in [4.69, 9.17) is 18.9 Å². The van der Waals surface area contributed by atoms with E-state index in [9.17, 15) is 10.1 Å². The quantitative estimate of drug-likeness (QED) is 0.482. The maximum absolute atomic E-state index is 11.4. The highest BCUT2D eigenvalue weighted by atomic mass is 16.6. The minimum absolute atomic E-state index is 0.119. The van der Waals surface area contributed by atoms with Gasteiger partial charge >= 0.3 is 5.69 Å². The molecule has 0 atom stereocenters. The van der Waals surface area contributed by atoms with E-state index < -0.39 is 4.92 Å². The zero-order valence-electron chi connectivity index (χ0n) is 15.8. The van der Waals surface area contributed by atoms with Gasteiger partial charge in [-0.1, -0.05) is 0 Å². The Labute approximate surface area is 161 Å². The Kier molecular flexibility index (Phi) is 5.35. The van der Waals surface area contributed by atoms with Crippen LogP contribution in [-0.2, 0) is 0 Å². The van der Waals surface area contributed by atoms with Crippen LogP contribution < -0.4 is 24.3 Å². The van der Waals surface area contributed by atoms with Gasteiger partial charge in [0.2, 0.25) is 5.75 Å². The van der Waals surface area contributed by atoms with Crippen LogP contribution in [0.1, 0.15) is 0 Å². The van der Waals surface area contributed by atoms with Gasteiger partial charge in [0.25, 0.3) is 0 Å². The number of pyridine rings is 1. The first-order valence-electron chi connectivity index (χ1n) is 8.21. The molecule has 0 aliphatic carbocycles. The van der Waals surface area contributed by atoms with Crippen molar-refractivity contribution in [1.29, 1.82) is 0 Å². The third kappa shape index (κ3) is 3.41. The monoisotopic (exact) mass is 385 g/mol. The molecule has 0 amide bonds. The molecule has 28 heavy (non-hydrogen) atoms. The molecule has 9 nitrogen and oxygen atoms in total. The van der Waals surface area contributed by atoms with Crippen LogP contribution in [-0.4, -0.2) is 38.3 Å². The number of ether oxygens (including phenoxy) is 4. The summed E-state index contributed by atoms with van der Waals surface area (Å²) in [6, 6.07) is 9.95. The highest BCUT2D eigenvalue weighted by molar-refractivity contribution is 5.92. The molecule has 0 aliphatic rings. The molecule has 1 N–H and O–H groups in total. The van der Waals surface area contributed by atoms with E-state index in [1.807, 2.05) is 0 Å². The fourth-order valence-electron chi connectivity index (χ4n) is 2.89. The molecule has 0 spiro atoms. The summed E-state index contributed by atoms with van der Waals surface area (Å²) < 4.78 is 21.1. The van der Waals surface area contributed by atoms with Gasteiger partial charge in [-0.25, -0.2) is 4.98 Å². The van der Waals surface area contributed by atoms with Gasteiger partial charge in [-0.2, -0.15) is 0 Å². The topological polar surface area (TPSA) is 105 Å². The van der Waals surface area contributed by atoms with E-state index in [0.717, 1.165) is 0 Å². The summed E-state index contributed by atoms with van der Waals surface area (Å²) >= 11 is 0. The molecule has 0 saturated heterocycles. The average Bonchev–Trinajstić information content (AvgIpc) is 2.71. The summed E-state index contributed by atoms with van der Waals surface area (Å²) in [4.78, 5) is 15.4. The highest BCUT2D eigenvalue weighted by Gasteiger charge is 2.20. The molecule has 1 heterocycles. The normalized spacial score (nSPS) is 10.4. The summed E-state index contributed by atoms with van der Waals surface area (Å²) in [5.41, 5.74) is 1.00. The third-order valence-corrected chi connectivity index (χ3v) is 4.15. The largest absolute Gasteiger partial charge is 0.493 e. The number of methoxy groups -OCH3 is 4.